The summed E-state index contributed by atoms with van der Waals surface area (Å²) in [6.07, 6.45) is 0.974. The Labute approximate surface area is 98.7 Å². The molecule has 0 nitrogen and oxygen atoms in total. The van der Waals surface area contributed by atoms with Crippen LogP contribution in [0.2, 0.25) is 0 Å². The van der Waals surface area contributed by atoms with Gasteiger partial charge in [0.15, 0.2) is 0 Å². The minimum Gasteiger partial charge on any atom is -0.0938 e. The van der Waals surface area contributed by atoms with Crippen molar-refractivity contribution in [1.82, 2.24) is 0 Å². The van der Waals surface area contributed by atoms with E-state index in [9.17, 15) is 0 Å². The molecule has 0 atom stereocenters. The molecule has 2 rings (SSSR count). The lowest BCUT2D eigenvalue weighted by molar-refractivity contribution is 1.18. The highest BCUT2D eigenvalue weighted by atomic mass is 14.0. The fourth-order valence-corrected chi connectivity index (χ4v) is 1.79. The van der Waals surface area contributed by atoms with Crippen LogP contribution in [0.1, 0.15) is 22.3 Å². The molecule has 0 aliphatic rings. The van der Waals surface area contributed by atoms with Crippen LogP contribution in [-0.4, -0.2) is 7.85 Å². The summed E-state index contributed by atoms with van der Waals surface area (Å²) in [4.78, 5) is 0. The number of aryl methyl sites for hydroxylation is 2. The van der Waals surface area contributed by atoms with E-state index in [1.54, 1.807) is 0 Å². The topological polar surface area (TPSA) is 0 Å². The summed E-state index contributed by atoms with van der Waals surface area (Å²) in [5, 5.41) is 0. The van der Waals surface area contributed by atoms with Crippen molar-refractivity contribution in [3.05, 3.63) is 64.7 Å². The Morgan fingerprint density at radius 3 is 2.12 bits per heavy atom. The lowest BCUT2D eigenvalue weighted by Crippen LogP contribution is -2.07. The molecule has 0 spiro atoms. The lowest BCUT2D eigenvalue weighted by atomic mass is 9.89. The van der Waals surface area contributed by atoms with Crippen LogP contribution in [0.4, 0.5) is 0 Å². The predicted molar refractivity (Wildman–Crippen MR) is 70.6 cm³/mol. The highest BCUT2D eigenvalue weighted by molar-refractivity contribution is 6.33. The molecule has 0 unspecified atom stereocenters. The van der Waals surface area contributed by atoms with E-state index in [4.69, 9.17) is 7.85 Å². The summed E-state index contributed by atoms with van der Waals surface area (Å²) in [5.41, 5.74) is 5.99. The van der Waals surface area contributed by atoms with Crippen LogP contribution in [0.25, 0.3) is 0 Å². The maximum absolute atomic E-state index is 5.80. The summed E-state index contributed by atoms with van der Waals surface area (Å²) >= 11 is 0. The molecule has 0 saturated heterocycles. The van der Waals surface area contributed by atoms with E-state index in [2.05, 4.69) is 43.3 Å². The molecule has 0 amide bonds. The van der Waals surface area contributed by atoms with E-state index in [0.29, 0.717) is 0 Å². The molecule has 0 bridgehead atoms. The molecule has 0 aromatic heterocycles. The van der Waals surface area contributed by atoms with Gasteiger partial charge in [-0.05, 0) is 31.4 Å². The van der Waals surface area contributed by atoms with Crippen molar-refractivity contribution in [2.75, 3.05) is 0 Å². The van der Waals surface area contributed by atoms with E-state index in [-0.39, 0.29) is 0 Å². The third-order valence-corrected chi connectivity index (χ3v) is 2.86. The number of hydrogen-bond acceptors (Lipinski definition) is 0. The Bertz CT molecular complexity index is 483. The largest absolute Gasteiger partial charge is 0.114 e. The number of hydrogen-bond donors (Lipinski definition) is 0. The standard InChI is InChI=1S/C15H15B/c1-11-3-5-13(6-4-11)10-14-7-8-15(16)12(2)9-14/h3-9H,10H2,1-2H3. The van der Waals surface area contributed by atoms with E-state index in [0.717, 1.165) is 17.4 Å². The van der Waals surface area contributed by atoms with Crippen LogP contribution >= 0.6 is 0 Å². The smallest absolute Gasteiger partial charge is 0.0938 e. The first-order valence-electron chi connectivity index (χ1n) is 5.56. The van der Waals surface area contributed by atoms with Crippen molar-refractivity contribution in [3.8, 4) is 0 Å². The first-order valence-corrected chi connectivity index (χ1v) is 5.56. The molecular weight excluding hydrogens is 191 g/mol. The van der Waals surface area contributed by atoms with Gasteiger partial charge in [0.2, 0.25) is 0 Å². The van der Waals surface area contributed by atoms with Crippen molar-refractivity contribution in [2.45, 2.75) is 20.3 Å². The first-order chi connectivity index (χ1) is 7.65. The fourth-order valence-electron chi connectivity index (χ4n) is 1.79. The molecular formula is C15H15B. The lowest BCUT2D eigenvalue weighted by Gasteiger charge is -2.06. The second kappa shape index (κ2) is 4.57. The monoisotopic (exact) mass is 206 g/mol. The zero-order valence-electron chi connectivity index (χ0n) is 9.83. The summed E-state index contributed by atoms with van der Waals surface area (Å²) in [6.45, 7) is 4.16. The number of rotatable bonds is 2. The SMILES string of the molecule is [B]c1ccc(Cc2ccc(C)cc2)cc1C. The van der Waals surface area contributed by atoms with E-state index in [1.807, 2.05) is 13.0 Å². The quantitative estimate of drug-likeness (QED) is 0.662. The maximum atomic E-state index is 5.80. The van der Waals surface area contributed by atoms with Gasteiger partial charge >= 0.3 is 0 Å². The maximum Gasteiger partial charge on any atom is 0.114 e. The molecule has 2 aromatic carbocycles. The van der Waals surface area contributed by atoms with Gasteiger partial charge < -0.3 is 0 Å². The van der Waals surface area contributed by atoms with Crippen LogP contribution in [0.15, 0.2) is 42.5 Å². The zero-order chi connectivity index (χ0) is 11.5. The minimum atomic E-state index is 0.868. The number of benzene rings is 2. The van der Waals surface area contributed by atoms with Crippen molar-refractivity contribution >= 4 is 13.3 Å². The molecule has 2 radical (unpaired) electrons. The molecule has 0 aliphatic carbocycles. The van der Waals surface area contributed by atoms with Gasteiger partial charge in [-0.25, -0.2) is 0 Å². The van der Waals surface area contributed by atoms with Crippen molar-refractivity contribution in [3.63, 3.8) is 0 Å². The van der Waals surface area contributed by atoms with E-state index >= 15 is 0 Å². The van der Waals surface area contributed by atoms with Crippen LogP contribution in [0.3, 0.4) is 0 Å². The summed E-state index contributed by atoms with van der Waals surface area (Å²) in [5.74, 6) is 0. The molecule has 0 N–H and O–H groups in total. The summed E-state index contributed by atoms with van der Waals surface area (Å²) in [6, 6.07) is 14.9. The average molecular weight is 206 g/mol. The average Bonchev–Trinajstić information content (AvgIpc) is 2.27. The van der Waals surface area contributed by atoms with Gasteiger partial charge in [-0.3, -0.25) is 0 Å². The Balaban J connectivity index is 2.20. The second-order valence-electron chi connectivity index (χ2n) is 4.35. The van der Waals surface area contributed by atoms with Crippen LogP contribution in [0, 0.1) is 13.8 Å². The van der Waals surface area contributed by atoms with Gasteiger partial charge in [0.1, 0.15) is 7.85 Å². The third kappa shape index (κ3) is 2.54. The van der Waals surface area contributed by atoms with Crippen LogP contribution in [-0.2, 0) is 6.42 Å². The Kier molecular flexibility index (Phi) is 3.14. The fraction of sp³-hybridized carbons (Fsp3) is 0.200. The second-order valence-corrected chi connectivity index (χ2v) is 4.35. The Morgan fingerprint density at radius 2 is 1.50 bits per heavy atom. The summed E-state index contributed by atoms with van der Waals surface area (Å²) < 4.78 is 0. The molecule has 0 heterocycles. The first kappa shape index (κ1) is 11.0. The van der Waals surface area contributed by atoms with Crippen molar-refractivity contribution in [1.29, 1.82) is 0 Å². The predicted octanol–water partition coefficient (Wildman–Crippen LogP) is 2.69. The molecule has 0 saturated carbocycles. The van der Waals surface area contributed by atoms with Crippen molar-refractivity contribution in [2.24, 2.45) is 0 Å². The zero-order valence-corrected chi connectivity index (χ0v) is 9.83. The highest BCUT2D eigenvalue weighted by Gasteiger charge is 1.98. The van der Waals surface area contributed by atoms with Gasteiger partial charge in [0, 0.05) is 0 Å². The molecule has 2 aromatic rings. The normalized spacial score (nSPS) is 10.4. The Hall–Kier alpha value is -1.50. The van der Waals surface area contributed by atoms with Crippen LogP contribution < -0.4 is 5.46 Å². The van der Waals surface area contributed by atoms with Gasteiger partial charge in [-0.2, -0.15) is 0 Å². The molecule has 78 valence electrons. The van der Waals surface area contributed by atoms with Gasteiger partial charge in [-0.1, -0.05) is 59.1 Å². The van der Waals surface area contributed by atoms with Gasteiger partial charge in [0.05, 0.1) is 0 Å². The van der Waals surface area contributed by atoms with Crippen molar-refractivity contribution < 1.29 is 0 Å². The third-order valence-electron chi connectivity index (χ3n) is 2.86. The molecule has 16 heavy (non-hydrogen) atoms. The highest BCUT2D eigenvalue weighted by Crippen LogP contribution is 2.11. The molecule has 0 fully saturated rings. The van der Waals surface area contributed by atoms with Gasteiger partial charge in [-0.15, -0.1) is 0 Å². The van der Waals surface area contributed by atoms with Crippen LogP contribution in [0.5, 0.6) is 0 Å². The molecule has 0 aliphatic heterocycles. The molecule has 1 heteroatoms. The minimum absolute atomic E-state index is 0.868. The van der Waals surface area contributed by atoms with Gasteiger partial charge in [0.25, 0.3) is 0 Å². The van der Waals surface area contributed by atoms with E-state index in [1.165, 1.54) is 16.7 Å². The van der Waals surface area contributed by atoms with E-state index < -0.39 is 0 Å². The summed E-state index contributed by atoms with van der Waals surface area (Å²) in [7, 11) is 5.80. The Morgan fingerprint density at radius 1 is 0.875 bits per heavy atom.